The van der Waals surface area contributed by atoms with Gasteiger partial charge in [0, 0.05) is 30.1 Å². The average molecular weight is 314 g/mol. The molecule has 1 N–H and O–H groups in total. The Labute approximate surface area is 135 Å². The van der Waals surface area contributed by atoms with Crippen molar-refractivity contribution in [1.29, 1.82) is 0 Å². The number of halogens is 1. The van der Waals surface area contributed by atoms with Crippen LogP contribution in [0.25, 0.3) is 0 Å². The van der Waals surface area contributed by atoms with Gasteiger partial charge in [-0.25, -0.2) is 0 Å². The molecule has 0 radical (unpaired) electrons. The van der Waals surface area contributed by atoms with Crippen LogP contribution in [0.5, 0.6) is 0 Å². The number of carboxylic acids is 1. The van der Waals surface area contributed by atoms with Crippen molar-refractivity contribution in [2.75, 3.05) is 13.6 Å². The van der Waals surface area contributed by atoms with Crippen LogP contribution >= 0.6 is 15.9 Å². The van der Waals surface area contributed by atoms with Crippen molar-refractivity contribution in [3.05, 3.63) is 33.8 Å². The van der Waals surface area contributed by atoms with Crippen molar-refractivity contribution in [3.63, 3.8) is 0 Å². The van der Waals surface area contributed by atoms with Gasteiger partial charge in [0.15, 0.2) is 0 Å². The Bertz CT molecular complexity index is 467. The van der Waals surface area contributed by atoms with E-state index >= 15 is 0 Å². The van der Waals surface area contributed by atoms with E-state index in [1.165, 1.54) is 12.1 Å². The number of rotatable bonds is 5. The third-order valence-electron chi connectivity index (χ3n) is 2.09. The van der Waals surface area contributed by atoms with Crippen molar-refractivity contribution in [1.82, 2.24) is 0 Å². The molecular weight excluding hydrogens is 299 g/mol. The van der Waals surface area contributed by atoms with Crippen LogP contribution in [0.4, 0.5) is 0 Å². The van der Waals surface area contributed by atoms with Gasteiger partial charge in [0.25, 0.3) is 0 Å². The summed E-state index contributed by atoms with van der Waals surface area (Å²) in [5.41, 5.74) is 0.0214. The fourth-order valence-corrected chi connectivity index (χ4v) is 1.68. The van der Waals surface area contributed by atoms with E-state index in [1.54, 1.807) is 6.07 Å². The normalized spacial score (nSPS) is 15.1. The van der Waals surface area contributed by atoms with Crippen LogP contribution in [-0.4, -0.2) is 24.7 Å². The summed E-state index contributed by atoms with van der Waals surface area (Å²) < 4.78 is 25.6. The van der Waals surface area contributed by atoms with Gasteiger partial charge in [0.05, 0.1) is 16.2 Å². The molecule has 0 bridgehead atoms. The van der Waals surface area contributed by atoms with Gasteiger partial charge in [-0.2, -0.15) is 0 Å². The average Bonchev–Trinajstić information content (AvgIpc) is 2.26. The summed E-state index contributed by atoms with van der Waals surface area (Å²) in [5, 5.41) is 20.8. The van der Waals surface area contributed by atoms with Gasteiger partial charge in [-0.1, -0.05) is 22.0 Å². The number of ether oxygens (including phenoxy) is 1. The topological polar surface area (TPSA) is 69.6 Å². The Morgan fingerprint density at radius 3 is 3.00 bits per heavy atom. The summed E-state index contributed by atoms with van der Waals surface area (Å²) in [6, 6.07) is 4.34. The Morgan fingerprint density at radius 1 is 1.71 bits per heavy atom. The predicted molar refractivity (Wildman–Crippen MR) is 59.9 cm³/mol. The Balaban J connectivity index is 0.00000361. The Kier molecular flexibility index (Phi) is 5.88. The zero-order chi connectivity index (χ0) is 14.6. The molecule has 0 aliphatic rings. The van der Waals surface area contributed by atoms with Crippen molar-refractivity contribution in [2.24, 2.45) is 0 Å². The molecule has 0 spiro atoms. The maximum absolute atomic E-state index is 10.9. The molecule has 0 aromatic heterocycles. The molecule has 4 nitrogen and oxygen atoms in total. The number of aromatic carboxylic acids is 1. The largest absolute Gasteiger partial charge is 1.00 e. The van der Waals surface area contributed by atoms with Crippen LogP contribution in [0.2, 0.25) is 0 Å². The van der Waals surface area contributed by atoms with E-state index in [0.29, 0.717) is 4.47 Å². The van der Waals surface area contributed by atoms with E-state index in [-0.39, 0.29) is 53.7 Å². The molecule has 0 aliphatic carbocycles. The number of benzene rings is 1. The van der Waals surface area contributed by atoms with E-state index in [9.17, 15) is 15.0 Å². The first-order chi connectivity index (χ1) is 8.70. The quantitative estimate of drug-likeness (QED) is 0.632. The zero-order valence-corrected chi connectivity index (χ0v) is 12.9. The van der Waals surface area contributed by atoms with Gasteiger partial charge < -0.3 is 19.7 Å². The summed E-state index contributed by atoms with van der Waals surface area (Å²) in [6.07, 6.45) is -1.16. The molecule has 1 atom stereocenters. The molecule has 0 amide bonds. The van der Waals surface area contributed by atoms with Gasteiger partial charge in [-0.3, -0.25) is 0 Å². The first-order valence-electron chi connectivity index (χ1n) is 6.03. The SMILES string of the molecule is [2H]C([2H])([2H])OCCC(O)c1ccc(Br)cc1C(=O)[O-].[Na+]. The van der Waals surface area contributed by atoms with Gasteiger partial charge in [-0.05, 0) is 17.7 Å². The number of aliphatic hydroxyl groups is 1. The minimum absolute atomic E-state index is 0. The number of carbonyl (C=O) groups excluding carboxylic acids is 1. The van der Waals surface area contributed by atoms with Gasteiger partial charge in [-0.15, -0.1) is 0 Å². The summed E-state index contributed by atoms with van der Waals surface area (Å²) >= 11 is 3.12. The molecule has 0 fully saturated rings. The predicted octanol–water partition coefficient (Wildman–Crippen LogP) is -2.11. The van der Waals surface area contributed by atoms with Crippen LogP contribution in [0.3, 0.4) is 0 Å². The molecule has 0 saturated carbocycles. The minimum Gasteiger partial charge on any atom is -0.545 e. The van der Waals surface area contributed by atoms with Crippen LogP contribution in [0, 0.1) is 0 Å². The van der Waals surface area contributed by atoms with Crippen LogP contribution in [0.15, 0.2) is 22.7 Å². The number of aliphatic hydroxyl groups excluding tert-OH is 1. The number of carbonyl (C=O) groups is 1. The minimum atomic E-state index is -2.53. The van der Waals surface area contributed by atoms with Gasteiger partial charge >= 0.3 is 29.6 Å². The van der Waals surface area contributed by atoms with Crippen molar-refractivity contribution < 1.29 is 53.4 Å². The summed E-state index contributed by atoms with van der Waals surface area (Å²) in [5.74, 6) is -1.41. The third kappa shape index (κ3) is 5.07. The third-order valence-corrected chi connectivity index (χ3v) is 2.58. The van der Waals surface area contributed by atoms with Gasteiger partial charge in [0.2, 0.25) is 0 Å². The van der Waals surface area contributed by atoms with Crippen LogP contribution in [0.1, 0.15) is 32.6 Å². The van der Waals surface area contributed by atoms with Crippen molar-refractivity contribution in [2.45, 2.75) is 12.5 Å². The molecular formula is C11H12BrNaO4. The number of carboxylic acid groups (broad SMARTS) is 1. The number of methoxy groups -OCH3 is 1. The Hall–Kier alpha value is 0.0900. The fourth-order valence-electron chi connectivity index (χ4n) is 1.32. The second-order valence-electron chi connectivity index (χ2n) is 3.17. The summed E-state index contributed by atoms with van der Waals surface area (Å²) in [7, 11) is -2.53. The smallest absolute Gasteiger partial charge is 0.545 e. The monoisotopic (exact) mass is 313 g/mol. The summed E-state index contributed by atoms with van der Waals surface area (Å²) in [6.45, 7) is -0.208. The first kappa shape index (κ1) is 12.1. The maximum Gasteiger partial charge on any atom is 1.00 e. The van der Waals surface area contributed by atoms with Crippen molar-refractivity contribution in [3.8, 4) is 0 Å². The molecule has 0 heterocycles. The number of hydrogen-bond acceptors (Lipinski definition) is 4. The van der Waals surface area contributed by atoms with E-state index in [4.69, 9.17) is 4.11 Å². The molecule has 17 heavy (non-hydrogen) atoms. The van der Waals surface area contributed by atoms with Crippen molar-refractivity contribution >= 4 is 21.9 Å². The molecule has 88 valence electrons. The standard InChI is InChI=1S/C11H13BrO4.Na/c1-16-5-4-10(13)8-3-2-7(12)6-9(8)11(14)15;/h2-3,6,10,13H,4-5H2,1H3,(H,14,15);/q;+1/p-1/i1D3;. The Morgan fingerprint density at radius 2 is 2.41 bits per heavy atom. The summed E-state index contributed by atoms with van der Waals surface area (Å²) in [4.78, 5) is 10.9. The number of hydrogen-bond donors (Lipinski definition) is 1. The maximum atomic E-state index is 10.9. The molecule has 1 aromatic carbocycles. The van der Waals surface area contributed by atoms with Crippen LogP contribution < -0.4 is 34.7 Å². The first-order valence-corrected chi connectivity index (χ1v) is 5.33. The molecule has 0 saturated heterocycles. The molecule has 6 heteroatoms. The van der Waals surface area contributed by atoms with E-state index in [1.807, 2.05) is 0 Å². The fraction of sp³-hybridized carbons (Fsp3) is 0.364. The zero-order valence-electron chi connectivity index (χ0n) is 12.3. The second-order valence-corrected chi connectivity index (χ2v) is 4.09. The molecule has 1 aromatic rings. The second kappa shape index (κ2) is 8.24. The molecule has 1 rings (SSSR count). The van der Waals surface area contributed by atoms with E-state index < -0.39 is 19.1 Å². The van der Waals surface area contributed by atoms with Gasteiger partial charge in [0.1, 0.15) is 0 Å². The van der Waals surface area contributed by atoms with E-state index in [0.717, 1.165) is 0 Å². The van der Waals surface area contributed by atoms with E-state index in [2.05, 4.69) is 20.7 Å². The molecule has 1 unspecified atom stereocenters. The molecule has 0 aliphatic heterocycles. The van der Waals surface area contributed by atoms with Crippen LogP contribution in [-0.2, 0) is 4.74 Å².